The summed E-state index contributed by atoms with van der Waals surface area (Å²) in [6.45, 7) is 1.05. The quantitative estimate of drug-likeness (QED) is 0.833. The number of H-pyrrole nitrogens is 1. The Morgan fingerprint density at radius 3 is 2.71 bits per heavy atom. The van der Waals surface area contributed by atoms with Crippen molar-refractivity contribution in [2.75, 3.05) is 18.9 Å². The highest BCUT2D eigenvalue weighted by Gasteiger charge is 2.29. The van der Waals surface area contributed by atoms with Gasteiger partial charge in [-0.1, -0.05) is 0 Å². The van der Waals surface area contributed by atoms with Gasteiger partial charge in [-0.05, 0) is 24.6 Å². The molecule has 8 heteroatoms. The first-order valence-corrected chi connectivity index (χ1v) is 7.58. The molecule has 1 aliphatic heterocycles. The molecule has 1 aromatic carbocycles. The minimum atomic E-state index is -0.170. The van der Waals surface area contributed by atoms with Crippen LogP contribution in [0, 0.1) is 0 Å². The maximum absolute atomic E-state index is 11.8. The van der Waals surface area contributed by atoms with Crippen LogP contribution in [0.3, 0.4) is 0 Å². The lowest BCUT2D eigenvalue weighted by atomic mass is 10.2. The second-order valence-corrected chi connectivity index (χ2v) is 6.06. The molecule has 21 heavy (non-hydrogen) atoms. The summed E-state index contributed by atoms with van der Waals surface area (Å²) < 4.78 is 12.8. The molecule has 1 aliphatic carbocycles. The molecule has 2 aliphatic rings. The molecule has 1 fully saturated rings. The fourth-order valence-electron chi connectivity index (χ4n) is 2.29. The average Bonchev–Trinajstić information content (AvgIpc) is 3.24. The first-order chi connectivity index (χ1) is 10.2. The van der Waals surface area contributed by atoms with Crippen molar-refractivity contribution in [2.45, 2.75) is 28.9 Å². The van der Waals surface area contributed by atoms with Crippen LogP contribution < -0.4 is 20.9 Å². The largest absolute Gasteiger partial charge is 0.486 e. The SMILES string of the molecule is Nc1cc2c(cc1Sc1n[nH]c(=O)n1C1CC1)OCCO2. The van der Waals surface area contributed by atoms with Crippen LogP contribution in [0.5, 0.6) is 11.5 Å². The van der Waals surface area contributed by atoms with Crippen LogP contribution in [0.15, 0.2) is 27.0 Å². The Labute approximate surface area is 124 Å². The fourth-order valence-corrected chi connectivity index (χ4v) is 3.25. The van der Waals surface area contributed by atoms with Gasteiger partial charge in [0.2, 0.25) is 0 Å². The Kier molecular flexibility index (Phi) is 2.85. The number of rotatable bonds is 3. The zero-order valence-corrected chi connectivity index (χ0v) is 12.0. The van der Waals surface area contributed by atoms with E-state index in [9.17, 15) is 4.79 Å². The molecule has 7 nitrogen and oxygen atoms in total. The number of fused-ring (bicyclic) bond motifs is 1. The fraction of sp³-hybridized carbons (Fsp3) is 0.385. The highest BCUT2D eigenvalue weighted by molar-refractivity contribution is 7.99. The van der Waals surface area contributed by atoms with Crippen LogP contribution in [-0.4, -0.2) is 28.0 Å². The van der Waals surface area contributed by atoms with Gasteiger partial charge in [0.25, 0.3) is 0 Å². The monoisotopic (exact) mass is 306 g/mol. The van der Waals surface area contributed by atoms with Crippen LogP contribution in [0.4, 0.5) is 5.69 Å². The van der Waals surface area contributed by atoms with E-state index in [-0.39, 0.29) is 11.7 Å². The summed E-state index contributed by atoms with van der Waals surface area (Å²) in [5, 5.41) is 7.22. The summed E-state index contributed by atoms with van der Waals surface area (Å²) in [6.07, 6.45) is 2.03. The number of aromatic amines is 1. The van der Waals surface area contributed by atoms with Gasteiger partial charge in [0.1, 0.15) is 13.2 Å². The van der Waals surface area contributed by atoms with Gasteiger partial charge < -0.3 is 15.2 Å². The third-order valence-corrected chi connectivity index (χ3v) is 4.50. The molecule has 2 heterocycles. The minimum absolute atomic E-state index is 0.170. The minimum Gasteiger partial charge on any atom is -0.486 e. The van der Waals surface area contributed by atoms with Crippen molar-refractivity contribution in [3.63, 3.8) is 0 Å². The lowest BCUT2D eigenvalue weighted by Crippen LogP contribution is -2.16. The van der Waals surface area contributed by atoms with Crippen molar-refractivity contribution in [1.29, 1.82) is 0 Å². The maximum atomic E-state index is 11.8. The zero-order valence-electron chi connectivity index (χ0n) is 11.2. The van der Waals surface area contributed by atoms with Crippen molar-refractivity contribution in [1.82, 2.24) is 14.8 Å². The normalized spacial score (nSPS) is 17.0. The Bertz CT molecular complexity index is 750. The van der Waals surface area contributed by atoms with Crippen LogP contribution >= 0.6 is 11.8 Å². The van der Waals surface area contributed by atoms with Crippen molar-refractivity contribution >= 4 is 17.4 Å². The molecule has 0 amide bonds. The maximum Gasteiger partial charge on any atom is 0.344 e. The van der Waals surface area contributed by atoms with E-state index in [0.717, 1.165) is 17.7 Å². The average molecular weight is 306 g/mol. The Morgan fingerprint density at radius 1 is 1.29 bits per heavy atom. The molecule has 0 unspecified atom stereocenters. The lowest BCUT2D eigenvalue weighted by Gasteiger charge is -2.19. The first kappa shape index (κ1) is 12.6. The van der Waals surface area contributed by atoms with Gasteiger partial charge >= 0.3 is 5.69 Å². The molecular weight excluding hydrogens is 292 g/mol. The van der Waals surface area contributed by atoms with Crippen molar-refractivity contribution < 1.29 is 9.47 Å². The summed E-state index contributed by atoms with van der Waals surface area (Å²) >= 11 is 1.36. The van der Waals surface area contributed by atoms with E-state index in [1.54, 1.807) is 10.6 Å². The smallest absolute Gasteiger partial charge is 0.344 e. The van der Waals surface area contributed by atoms with Gasteiger partial charge in [0.05, 0.1) is 0 Å². The summed E-state index contributed by atoms with van der Waals surface area (Å²) in [5.74, 6) is 1.33. The van der Waals surface area contributed by atoms with E-state index in [4.69, 9.17) is 15.2 Å². The van der Waals surface area contributed by atoms with E-state index in [2.05, 4.69) is 10.2 Å². The molecule has 110 valence electrons. The third-order valence-electron chi connectivity index (χ3n) is 3.46. The first-order valence-electron chi connectivity index (χ1n) is 6.76. The molecular formula is C13H14N4O3S. The Hall–Kier alpha value is -2.09. The van der Waals surface area contributed by atoms with Gasteiger partial charge in [0, 0.05) is 28.8 Å². The molecule has 0 atom stereocenters. The van der Waals surface area contributed by atoms with Crippen molar-refractivity contribution in [3.8, 4) is 11.5 Å². The zero-order chi connectivity index (χ0) is 14.4. The molecule has 2 aromatic rings. The van der Waals surface area contributed by atoms with E-state index in [0.29, 0.717) is 35.6 Å². The number of nitrogens with two attached hydrogens (primary N) is 1. The van der Waals surface area contributed by atoms with Crippen LogP contribution in [-0.2, 0) is 0 Å². The van der Waals surface area contributed by atoms with Gasteiger partial charge in [-0.3, -0.25) is 4.57 Å². The summed E-state index contributed by atoms with van der Waals surface area (Å²) in [7, 11) is 0. The van der Waals surface area contributed by atoms with Gasteiger partial charge in [-0.15, -0.1) is 5.10 Å². The number of nitrogen functional groups attached to an aromatic ring is 1. The van der Waals surface area contributed by atoms with Crippen LogP contribution in [0.25, 0.3) is 0 Å². The predicted molar refractivity (Wildman–Crippen MR) is 77.1 cm³/mol. The number of anilines is 1. The number of nitrogens with one attached hydrogen (secondary N) is 1. The van der Waals surface area contributed by atoms with Gasteiger partial charge in [-0.25, -0.2) is 9.89 Å². The Balaban J connectivity index is 1.70. The number of nitrogens with zero attached hydrogens (tertiary/aromatic N) is 2. The van der Waals surface area contributed by atoms with E-state index in [1.165, 1.54) is 11.8 Å². The molecule has 1 saturated carbocycles. The van der Waals surface area contributed by atoms with Crippen LogP contribution in [0.1, 0.15) is 18.9 Å². The third kappa shape index (κ3) is 2.25. The highest BCUT2D eigenvalue weighted by atomic mass is 32.2. The molecule has 0 bridgehead atoms. The number of benzene rings is 1. The summed E-state index contributed by atoms with van der Waals surface area (Å²) in [4.78, 5) is 12.6. The molecule has 3 N–H and O–H groups in total. The predicted octanol–water partition coefficient (Wildman–Crippen LogP) is 1.41. The summed E-state index contributed by atoms with van der Waals surface area (Å²) in [5.41, 5.74) is 6.47. The Morgan fingerprint density at radius 2 is 2.00 bits per heavy atom. The van der Waals surface area contributed by atoms with Gasteiger partial charge in [0.15, 0.2) is 16.7 Å². The standard InChI is InChI=1S/C13H14N4O3S/c14-8-5-9-10(20-4-3-19-9)6-11(8)21-13-16-15-12(18)17(13)7-1-2-7/h5-7H,1-4,14H2,(H,15,18). The summed E-state index contributed by atoms with van der Waals surface area (Å²) in [6, 6.07) is 3.85. The molecule has 0 spiro atoms. The lowest BCUT2D eigenvalue weighted by molar-refractivity contribution is 0.171. The van der Waals surface area contributed by atoms with E-state index < -0.39 is 0 Å². The second-order valence-electron chi connectivity index (χ2n) is 5.05. The van der Waals surface area contributed by atoms with Crippen LogP contribution in [0.2, 0.25) is 0 Å². The highest BCUT2D eigenvalue weighted by Crippen LogP contribution is 2.42. The second kappa shape index (κ2) is 4.73. The van der Waals surface area contributed by atoms with E-state index >= 15 is 0 Å². The van der Waals surface area contributed by atoms with Gasteiger partial charge in [-0.2, -0.15) is 0 Å². The number of ether oxygens (including phenoxy) is 2. The molecule has 1 aromatic heterocycles. The number of aromatic nitrogens is 3. The number of hydrogen-bond donors (Lipinski definition) is 2. The van der Waals surface area contributed by atoms with Crippen molar-refractivity contribution in [2.24, 2.45) is 0 Å². The number of hydrogen-bond acceptors (Lipinski definition) is 6. The topological polar surface area (TPSA) is 95.2 Å². The van der Waals surface area contributed by atoms with E-state index in [1.807, 2.05) is 6.07 Å². The molecule has 0 saturated heterocycles. The van der Waals surface area contributed by atoms with Crippen molar-refractivity contribution in [3.05, 3.63) is 22.6 Å². The molecule has 4 rings (SSSR count). The molecule has 0 radical (unpaired) electrons.